The van der Waals surface area contributed by atoms with E-state index in [1.165, 1.54) is 6.08 Å². The third kappa shape index (κ3) is 5.22. The van der Waals surface area contributed by atoms with Crippen LogP contribution in [0.2, 0.25) is 10.0 Å². The summed E-state index contributed by atoms with van der Waals surface area (Å²) >= 11 is 17.4. The summed E-state index contributed by atoms with van der Waals surface area (Å²) in [4.78, 5) is 37.9. The largest absolute Gasteiger partial charge is 0.482 e. The third-order valence-electron chi connectivity index (χ3n) is 4.13. The highest BCUT2D eigenvalue weighted by Gasteiger charge is 2.35. The Kier molecular flexibility index (Phi) is 7.27. The minimum absolute atomic E-state index is 0.0981. The van der Waals surface area contributed by atoms with Crippen LogP contribution in [0, 0.1) is 0 Å². The first-order chi connectivity index (χ1) is 14.8. The van der Waals surface area contributed by atoms with Gasteiger partial charge in [0.15, 0.2) is 11.7 Å². The molecule has 0 unspecified atom stereocenters. The van der Waals surface area contributed by atoms with E-state index >= 15 is 0 Å². The second kappa shape index (κ2) is 9.91. The zero-order chi connectivity index (χ0) is 22.5. The fourth-order valence-corrected chi connectivity index (χ4v) is 3.37. The van der Waals surface area contributed by atoms with Crippen molar-refractivity contribution in [3.8, 4) is 5.75 Å². The summed E-state index contributed by atoms with van der Waals surface area (Å²) in [6, 6.07) is 11.2. The Bertz CT molecular complexity index is 1090. The van der Waals surface area contributed by atoms with E-state index in [0.29, 0.717) is 11.3 Å². The smallest absolute Gasteiger partial charge is 0.344 e. The van der Waals surface area contributed by atoms with Gasteiger partial charge in [0, 0.05) is 0 Å². The molecule has 2 amide bonds. The zero-order valence-electron chi connectivity index (χ0n) is 16.2. The van der Waals surface area contributed by atoms with Crippen molar-refractivity contribution in [1.82, 2.24) is 5.32 Å². The predicted molar refractivity (Wildman–Crippen MR) is 121 cm³/mol. The maximum Gasteiger partial charge on any atom is 0.344 e. The lowest BCUT2D eigenvalue weighted by molar-refractivity contribution is -0.145. The van der Waals surface area contributed by atoms with E-state index < -0.39 is 17.8 Å². The maximum absolute atomic E-state index is 13.1. The molecular formula is C21H16Cl2N2O5S. The van der Waals surface area contributed by atoms with Crippen LogP contribution in [0.5, 0.6) is 5.75 Å². The monoisotopic (exact) mass is 478 g/mol. The Balaban J connectivity index is 1.83. The van der Waals surface area contributed by atoms with E-state index in [1.54, 1.807) is 49.4 Å². The first-order valence-corrected chi connectivity index (χ1v) is 10.2. The molecule has 1 saturated heterocycles. The van der Waals surface area contributed by atoms with Gasteiger partial charge in [-0.2, -0.15) is 0 Å². The van der Waals surface area contributed by atoms with Gasteiger partial charge in [0.05, 0.1) is 22.3 Å². The van der Waals surface area contributed by atoms with Crippen LogP contribution in [0.1, 0.15) is 12.5 Å². The van der Waals surface area contributed by atoms with Crippen LogP contribution in [-0.2, 0) is 19.1 Å². The number of ether oxygens (including phenoxy) is 2. The summed E-state index contributed by atoms with van der Waals surface area (Å²) in [5.41, 5.74) is 0.689. The molecule has 0 bridgehead atoms. The molecular weight excluding hydrogens is 463 g/mol. The molecule has 0 aromatic heterocycles. The van der Waals surface area contributed by atoms with Gasteiger partial charge in [-0.25, -0.2) is 4.79 Å². The van der Waals surface area contributed by atoms with Crippen LogP contribution in [0.25, 0.3) is 6.08 Å². The summed E-state index contributed by atoms with van der Waals surface area (Å²) < 4.78 is 10.1. The van der Waals surface area contributed by atoms with Gasteiger partial charge in [0.25, 0.3) is 11.8 Å². The van der Waals surface area contributed by atoms with E-state index in [2.05, 4.69) is 5.32 Å². The van der Waals surface area contributed by atoms with Crippen LogP contribution in [-0.4, -0.2) is 36.1 Å². The van der Waals surface area contributed by atoms with Crippen LogP contribution in [0.15, 0.2) is 48.0 Å². The number of hydrogen-bond acceptors (Lipinski definition) is 6. The van der Waals surface area contributed by atoms with Crippen LogP contribution >= 0.6 is 35.4 Å². The highest BCUT2D eigenvalue weighted by molar-refractivity contribution is 7.80. The van der Waals surface area contributed by atoms with Crippen molar-refractivity contribution in [2.75, 3.05) is 18.1 Å². The first-order valence-electron chi connectivity index (χ1n) is 9.05. The molecule has 0 saturated carbocycles. The molecule has 1 aliphatic heterocycles. The number of hydrogen-bond donors (Lipinski definition) is 1. The molecule has 31 heavy (non-hydrogen) atoms. The van der Waals surface area contributed by atoms with Gasteiger partial charge in [0.2, 0.25) is 0 Å². The molecule has 7 nitrogen and oxygen atoms in total. The molecule has 1 N–H and O–H groups in total. The minimum Gasteiger partial charge on any atom is -0.482 e. The maximum atomic E-state index is 13.1. The minimum atomic E-state index is -0.638. The van der Waals surface area contributed by atoms with Crippen molar-refractivity contribution in [3.63, 3.8) is 0 Å². The van der Waals surface area contributed by atoms with Gasteiger partial charge in [-0.3, -0.25) is 19.8 Å². The average Bonchev–Trinajstić information content (AvgIpc) is 2.73. The molecule has 10 heteroatoms. The Labute approximate surface area is 193 Å². The van der Waals surface area contributed by atoms with E-state index in [-0.39, 0.29) is 39.6 Å². The Morgan fingerprint density at radius 2 is 1.87 bits per heavy atom. The number of amides is 2. The molecule has 0 radical (unpaired) electrons. The van der Waals surface area contributed by atoms with E-state index in [9.17, 15) is 14.4 Å². The van der Waals surface area contributed by atoms with Gasteiger partial charge >= 0.3 is 5.97 Å². The third-order valence-corrected chi connectivity index (χ3v) is 5.22. The summed E-state index contributed by atoms with van der Waals surface area (Å²) in [6.07, 6.45) is 1.42. The van der Waals surface area contributed by atoms with Crippen molar-refractivity contribution < 1.29 is 23.9 Å². The lowest BCUT2D eigenvalue weighted by atomic mass is 10.1. The molecule has 2 aromatic carbocycles. The second-order valence-corrected chi connectivity index (χ2v) is 7.37. The van der Waals surface area contributed by atoms with Crippen molar-refractivity contribution in [2.45, 2.75) is 6.92 Å². The fourth-order valence-electron chi connectivity index (χ4n) is 2.71. The van der Waals surface area contributed by atoms with Crippen molar-refractivity contribution in [3.05, 3.63) is 63.6 Å². The predicted octanol–water partition coefficient (Wildman–Crippen LogP) is 3.77. The highest BCUT2D eigenvalue weighted by Crippen LogP contribution is 2.34. The molecule has 2 aromatic rings. The van der Waals surface area contributed by atoms with E-state index in [1.807, 2.05) is 0 Å². The lowest BCUT2D eigenvalue weighted by Gasteiger charge is -2.29. The van der Waals surface area contributed by atoms with Gasteiger partial charge in [-0.15, -0.1) is 0 Å². The highest BCUT2D eigenvalue weighted by atomic mass is 35.5. The van der Waals surface area contributed by atoms with Gasteiger partial charge in [0.1, 0.15) is 11.3 Å². The van der Waals surface area contributed by atoms with Gasteiger partial charge in [-0.1, -0.05) is 41.4 Å². The number of halogens is 2. The molecule has 1 aliphatic rings. The number of rotatable bonds is 6. The Hall–Kier alpha value is -2.94. The normalized spacial score (nSPS) is 15.1. The molecule has 0 spiro atoms. The molecule has 1 fully saturated rings. The number of thiocarbonyl (C=S) groups is 1. The topological polar surface area (TPSA) is 84.9 Å². The molecule has 1 heterocycles. The fraction of sp³-hybridized carbons (Fsp3) is 0.143. The lowest BCUT2D eigenvalue weighted by Crippen LogP contribution is -2.54. The molecule has 3 rings (SSSR count). The van der Waals surface area contributed by atoms with Crippen molar-refractivity contribution in [2.24, 2.45) is 0 Å². The van der Waals surface area contributed by atoms with E-state index in [4.69, 9.17) is 44.9 Å². The average molecular weight is 479 g/mol. The van der Waals surface area contributed by atoms with Gasteiger partial charge in [-0.05, 0) is 55.0 Å². The summed E-state index contributed by atoms with van der Waals surface area (Å²) in [5.74, 6) is -1.32. The number of carbonyl (C=O) groups is 3. The Morgan fingerprint density at radius 3 is 2.55 bits per heavy atom. The zero-order valence-corrected chi connectivity index (χ0v) is 18.5. The number of anilines is 1. The van der Waals surface area contributed by atoms with Crippen LogP contribution in [0.4, 0.5) is 5.69 Å². The number of benzene rings is 2. The number of esters is 1. The first kappa shape index (κ1) is 22.7. The molecule has 160 valence electrons. The summed E-state index contributed by atoms with van der Waals surface area (Å²) in [6.45, 7) is 1.75. The van der Waals surface area contributed by atoms with Crippen LogP contribution < -0.4 is 15.0 Å². The van der Waals surface area contributed by atoms with Crippen LogP contribution in [0.3, 0.4) is 0 Å². The summed E-state index contributed by atoms with van der Waals surface area (Å²) in [7, 11) is 0. The number of nitrogens with one attached hydrogen (secondary N) is 1. The molecule has 0 aliphatic carbocycles. The Morgan fingerprint density at radius 1 is 1.16 bits per heavy atom. The quantitative estimate of drug-likeness (QED) is 0.294. The number of nitrogens with zero attached hydrogens (tertiary/aromatic N) is 1. The van der Waals surface area contributed by atoms with E-state index in [0.717, 1.165) is 4.90 Å². The van der Waals surface area contributed by atoms with Crippen molar-refractivity contribution >= 4 is 70.1 Å². The molecule has 0 atom stereocenters. The number of carbonyl (C=O) groups excluding carboxylic acids is 3. The standard InChI is InChI=1S/C21H16Cl2N2O5S/c1-2-29-17(26)11-30-13-8-6-12(7-9-13)10-14-19(27)24-21(31)25(20(14)28)16-5-3-4-15(22)18(16)23/h3-10H,2,11H2,1H3,(H,24,27,31)/b14-10+. The SMILES string of the molecule is CCOC(=O)COc1ccc(/C=C2\C(=O)NC(=S)N(c3cccc(Cl)c3Cl)C2=O)cc1. The van der Waals surface area contributed by atoms with Gasteiger partial charge < -0.3 is 9.47 Å². The second-order valence-electron chi connectivity index (χ2n) is 6.19. The van der Waals surface area contributed by atoms with Crippen molar-refractivity contribution in [1.29, 1.82) is 0 Å². The summed E-state index contributed by atoms with van der Waals surface area (Å²) in [5, 5.41) is 2.77.